The summed E-state index contributed by atoms with van der Waals surface area (Å²) in [6.45, 7) is 4.46. The zero-order valence-electron chi connectivity index (χ0n) is 15.2. The summed E-state index contributed by atoms with van der Waals surface area (Å²) in [5.41, 5.74) is 4.43. The smallest absolute Gasteiger partial charge is 0.149 e. The minimum absolute atomic E-state index is 0.0671. The van der Waals surface area contributed by atoms with Crippen LogP contribution in [0.2, 0.25) is 0 Å². The summed E-state index contributed by atoms with van der Waals surface area (Å²) < 4.78 is 0. The second-order valence-electron chi connectivity index (χ2n) is 7.35. The Labute approximate surface area is 155 Å². The zero-order valence-corrected chi connectivity index (χ0v) is 15.2. The SMILES string of the molecule is CC1(C)C(c2ccccc2)=NOC1C(c1ccccc1)c1ccccc1. The van der Waals surface area contributed by atoms with Crippen LogP contribution in [0.1, 0.15) is 36.5 Å². The van der Waals surface area contributed by atoms with E-state index in [0.29, 0.717) is 0 Å². The van der Waals surface area contributed by atoms with Crippen LogP contribution in [0.3, 0.4) is 0 Å². The second kappa shape index (κ2) is 6.80. The lowest BCUT2D eigenvalue weighted by atomic mass is 9.71. The molecule has 0 bridgehead atoms. The van der Waals surface area contributed by atoms with Gasteiger partial charge in [-0.05, 0) is 16.7 Å². The predicted octanol–water partition coefficient (Wildman–Crippen LogP) is 5.65. The molecular weight excluding hydrogens is 318 g/mol. The monoisotopic (exact) mass is 341 g/mol. The molecule has 2 nitrogen and oxygen atoms in total. The summed E-state index contributed by atoms with van der Waals surface area (Å²) in [6, 6.07) is 31.5. The first-order chi connectivity index (χ1) is 12.7. The van der Waals surface area contributed by atoms with E-state index in [2.05, 4.69) is 91.8 Å². The Morgan fingerprint density at radius 3 is 1.69 bits per heavy atom. The van der Waals surface area contributed by atoms with Gasteiger partial charge in [-0.1, -0.05) is 110 Å². The van der Waals surface area contributed by atoms with Gasteiger partial charge in [0.2, 0.25) is 0 Å². The van der Waals surface area contributed by atoms with Crippen LogP contribution in [0.15, 0.2) is 96.2 Å². The van der Waals surface area contributed by atoms with E-state index in [4.69, 9.17) is 4.84 Å². The highest BCUT2D eigenvalue weighted by molar-refractivity contribution is 6.05. The molecule has 1 heterocycles. The molecule has 2 heteroatoms. The van der Waals surface area contributed by atoms with Gasteiger partial charge >= 0.3 is 0 Å². The quantitative estimate of drug-likeness (QED) is 0.601. The Kier molecular flexibility index (Phi) is 4.34. The van der Waals surface area contributed by atoms with E-state index in [1.807, 2.05) is 18.2 Å². The minimum atomic E-state index is -0.211. The molecule has 1 unspecified atom stereocenters. The maximum atomic E-state index is 6.09. The van der Waals surface area contributed by atoms with Crippen molar-refractivity contribution in [2.75, 3.05) is 0 Å². The van der Waals surface area contributed by atoms with Crippen LogP contribution in [0.4, 0.5) is 0 Å². The van der Waals surface area contributed by atoms with Gasteiger partial charge in [-0.25, -0.2) is 0 Å². The van der Waals surface area contributed by atoms with Crippen LogP contribution < -0.4 is 0 Å². The average molecular weight is 341 g/mol. The molecule has 0 N–H and O–H groups in total. The average Bonchev–Trinajstić information content (AvgIpc) is 2.99. The van der Waals surface area contributed by atoms with Gasteiger partial charge in [-0.2, -0.15) is 0 Å². The maximum absolute atomic E-state index is 6.09. The van der Waals surface area contributed by atoms with Gasteiger partial charge in [0.25, 0.3) is 0 Å². The Bertz CT molecular complexity index is 846. The molecule has 4 rings (SSSR count). The lowest BCUT2D eigenvalue weighted by molar-refractivity contribution is 0.0247. The van der Waals surface area contributed by atoms with Gasteiger partial charge in [0, 0.05) is 5.92 Å². The summed E-state index contributed by atoms with van der Waals surface area (Å²) in [6.07, 6.45) is -0.0671. The van der Waals surface area contributed by atoms with Crippen LogP contribution in [-0.4, -0.2) is 11.8 Å². The molecule has 3 aromatic carbocycles. The van der Waals surface area contributed by atoms with Crippen LogP contribution in [0, 0.1) is 5.41 Å². The number of hydrogen-bond donors (Lipinski definition) is 0. The number of nitrogens with zero attached hydrogens (tertiary/aromatic N) is 1. The molecule has 0 saturated heterocycles. The van der Waals surface area contributed by atoms with Gasteiger partial charge < -0.3 is 4.84 Å². The highest BCUT2D eigenvalue weighted by Gasteiger charge is 2.47. The van der Waals surface area contributed by atoms with Crippen LogP contribution in [-0.2, 0) is 4.84 Å². The molecular formula is C24H23NO. The van der Waals surface area contributed by atoms with Crippen molar-refractivity contribution in [2.45, 2.75) is 25.9 Å². The van der Waals surface area contributed by atoms with Crippen LogP contribution in [0.5, 0.6) is 0 Å². The highest BCUT2D eigenvalue weighted by atomic mass is 16.6. The first kappa shape index (κ1) is 16.6. The Hall–Kier alpha value is -2.87. The summed E-state index contributed by atoms with van der Waals surface area (Å²) in [7, 11) is 0. The topological polar surface area (TPSA) is 21.6 Å². The molecule has 1 aliphatic rings. The molecule has 26 heavy (non-hydrogen) atoms. The molecule has 1 atom stereocenters. The van der Waals surface area contributed by atoms with Gasteiger partial charge in [-0.15, -0.1) is 0 Å². The first-order valence-corrected chi connectivity index (χ1v) is 9.07. The fourth-order valence-electron chi connectivity index (χ4n) is 3.85. The molecule has 0 spiro atoms. The number of hydrogen-bond acceptors (Lipinski definition) is 2. The highest BCUT2D eigenvalue weighted by Crippen LogP contribution is 2.44. The number of rotatable bonds is 4. The largest absolute Gasteiger partial charge is 0.390 e. The summed E-state index contributed by atoms with van der Waals surface area (Å²) >= 11 is 0. The predicted molar refractivity (Wildman–Crippen MR) is 106 cm³/mol. The minimum Gasteiger partial charge on any atom is -0.390 e. The molecule has 3 aromatic rings. The maximum Gasteiger partial charge on any atom is 0.149 e. The van der Waals surface area contributed by atoms with Crippen molar-refractivity contribution in [2.24, 2.45) is 10.6 Å². The molecule has 0 aromatic heterocycles. The van der Waals surface area contributed by atoms with Crippen LogP contribution >= 0.6 is 0 Å². The van der Waals surface area contributed by atoms with E-state index in [-0.39, 0.29) is 17.4 Å². The van der Waals surface area contributed by atoms with Gasteiger partial charge in [-0.3, -0.25) is 0 Å². The van der Waals surface area contributed by atoms with E-state index < -0.39 is 0 Å². The van der Waals surface area contributed by atoms with Gasteiger partial charge in [0.1, 0.15) is 6.10 Å². The molecule has 0 saturated carbocycles. The van der Waals surface area contributed by atoms with Crippen molar-refractivity contribution in [1.29, 1.82) is 0 Å². The molecule has 0 amide bonds. The Morgan fingerprint density at radius 2 is 1.19 bits per heavy atom. The van der Waals surface area contributed by atoms with Crippen molar-refractivity contribution in [3.05, 3.63) is 108 Å². The van der Waals surface area contributed by atoms with Crippen LogP contribution in [0.25, 0.3) is 0 Å². The van der Waals surface area contributed by atoms with E-state index >= 15 is 0 Å². The van der Waals surface area contributed by atoms with Gasteiger partial charge in [0.05, 0.1) is 11.1 Å². The molecule has 1 aliphatic heterocycles. The van der Waals surface area contributed by atoms with E-state index in [1.54, 1.807) is 0 Å². The fourth-order valence-corrected chi connectivity index (χ4v) is 3.85. The van der Waals surface area contributed by atoms with Gasteiger partial charge in [0.15, 0.2) is 0 Å². The lowest BCUT2D eigenvalue weighted by Crippen LogP contribution is -2.38. The van der Waals surface area contributed by atoms with Crippen molar-refractivity contribution < 1.29 is 4.84 Å². The number of benzene rings is 3. The van der Waals surface area contributed by atoms with E-state index in [0.717, 1.165) is 11.3 Å². The Morgan fingerprint density at radius 1 is 0.731 bits per heavy atom. The fraction of sp³-hybridized carbons (Fsp3) is 0.208. The third-order valence-corrected chi connectivity index (χ3v) is 5.25. The van der Waals surface area contributed by atoms with E-state index in [9.17, 15) is 0 Å². The normalized spacial score (nSPS) is 18.4. The zero-order chi connectivity index (χ0) is 18.0. The van der Waals surface area contributed by atoms with Crippen molar-refractivity contribution in [3.63, 3.8) is 0 Å². The molecule has 130 valence electrons. The first-order valence-electron chi connectivity index (χ1n) is 9.07. The molecule has 0 radical (unpaired) electrons. The van der Waals surface area contributed by atoms with Crippen molar-refractivity contribution in [1.82, 2.24) is 0 Å². The third kappa shape index (κ3) is 2.92. The Balaban J connectivity index is 1.76. The standard InChI is InChI=1S/C24H23NO/c1-24(2)22(20-16-10-5-11-17-20)25-26-23(24)21(18-12-6-3-7-13-18)19-14-8-4-9-15-19/h3-17,21,23H,1-2H3. The summed E-state index contributed by atoms with van der Waals surface area (Å²) in [4.78, 5) is 6.09. The molecule has 0 aliphatic carbocycles. The lowest BCUT2D eigenvalue weighted by Gasteiger charge is -2.33. The summed E-state index contributed by atoms with van der Waals surface area (Å²) in [5.74, 6) is 0.123. The second-order valence-corrected chi connectivity index (χ2v) is 7.35. The third-order valence-electron chi connectivity index (χ3n) is 5.25. The van der Waals surface area contributed by atoms with E-state index in [1.165, 1.54) is 11.1 Å². The number of oxime groups is 1. The van der Waals surface area contributed by atoms with Crippen molar-refractivity contribution >= 4 is 5.71 Å². The molecule has 0 fully saturated rings. The summed E-state index contributed by atoms with van der Waals surface area (Å²) in [5, 5.41) is 4.53. The van der Waals surface area contributed by atoms with Crippen molar-refractivity contribution in [3.8, 4) is 0 Å².